The van der Waals surface area contributed by atoms with Crippen LogP contribution in [-0.4, -0.2) is 53.0 Å². The van der Waals surface area contributed by atoms with Crippen LogP contribution in [0.5, 0.6) is 0 Å². The molecule has 0 unspecified atom stereocenters. The van der Waals surface area contributed by atoms with Gasteiger partial charge in [-0.3, -0.25) is 14.5 Å². The summed E-state index contributed by atoms with van der Waals surface area (Å²) in [7, 11) is 1.32. The Labute approximate surface area is 172 Å². The normalized spacial score (nSPS) is 19.8. The summed E-state index contributed by atoms with van der Waals surface area (Å²) >= 11 is 0. The van der Waals surface area contributed by atoms with Crippen molar-refractivity contribution in [3.8, 4) is 0 Å². The highest BCUT2D eigenvalue weighted by Gasteiger charge is 2.57. The molecule has 0 radical (unpaired) electrons. The van der Waals surface area contributed by atoms with Gasteiger partial charge in [-0.25, -0.2) is 4.79 Å². The molecule has 1 fully saturated rings. The molecule has 7 heteroatoms. The first-order valence-corrected chi connectivity index (χ1v) is 9.76. The highest BCUT2D eigenvalue weighted by atomic mass is 16.5. The van der Waals surface area contributed by atoms with E-state index in [9.17, 15) is 14.4 Å². The number of esters is 2. The van der Waals surface area contributed by atoms with Gasteiger partial charge in [0, 0.05) is 18.0 Å². The Morgan fingerprint density at radius 1 is 1.03 bits per heavy atom. The van der Waals surface area contributed by atoms with Crippen molar-refractivity contribution in [1.29, 1.82) is 0 Å². The average molecular weight is 405 g/mol. The Morgan fingerprint density at radius 2 is 1.59 bits per heavy atom. The third kappa shape index (κ3) is 5.35. The van der Waals surface area contributed by atoms with Crippen LogP contribution < -0.4 is 5.32 Å². The number of rotatable bonds is 6. The molecule has 1 aliphatic heterocycles. The number of nitrogens with one attached hydrogen (secondary N) is 1. The second kappa shape index (κ2) is 8.53. The van der Waals surface area contributed by atoms with Crippen LogP contribution in [0.15, 0.2) is 30.3 Å². The Hall–Kier alpha value is -2.41. The summed E-state index contributed by atoms with van der Waals surface area (Å²) in [6.07, 6.45) is 0.642. The maximum atomic E-state index is 12.6. The minimum atomic E-state index is -1.14. The summed E-state index contributed by atoms with van der Waals surface area (Å²) in [4.78, 5) is 39.1. The monoisotopic (exact) mass is 404 g/mol. The molecule has 0 aliphatic carbocycles. The molecular weight excluding hydrogens is 372 g/mol. The molecule has 0 atom stereocenters. The van der Waals surface area contributed by atoms with E-state index in [-0.39, 0.29) is 25.0 Å². The van der Waals surface area contributed by atoms with Gasteiger partial charge in [-0.05, 0) is 46.1 Å². The number of benzene rings is 1. The van der Waals surface area contributed by atoms with E-state index in [1.807, 2.05) is 62.9 Å². The van der Waals surface area contributed by atoms with Gasteiger partial charge in [0.1, 0.15) is 12.1 Å². The lowest BCUT2D eigenvalue weighted by molar-refractivity contribution is -0.167. The third-order valence-corrected chi connectivity index (χ3v) is 5.45. The number of carbonyl (C=O) groups is 3. The average Bonchev–Trinajstić information content (AvgIpc) is 2.62. The lowest BCUT2D eigenvalue weighted by Crippen LogP contribution is -2.72. The Kier molecular flexibility index (Phi) is 6.73. The lowest BCUT2D eigenvalue weighted by Gasteiger charge is -2.58. The second-order valence-corrected chi connectivity index (χ2v) is 8.97. The number of carbonyl (C=O) groups excluding carboxylic acids is 3. The van der Waals surface area contributed by atoms with Crippen LogP contribution in [0.4, 0.5) is 0 Å². The van der Waals surface area contributed by atoms with Gasteiger partial charge in [0.25, 0.3) is 0 Å². The zero-order valence-electron chi connectivity index (χ0n) is 18.2. The molecule has 1 heterocycles. The summed E-state index contributed by atoms with van der Waals surface area (Å²) in [6.45, 7) is 9.51. The summed E-state index contributed by atoms with van der Waals surface area (Å²) < 4.78 is 10.5. The molecule has 160 valence electrons. The van der Waals surface area contributed by atoms with Crippen LogP contribution in [0.25, 0.3) is 0 Å². The number of methoxy groups -OCH3 is 1. The fourth-order valence-electron chi connectivity index (χ4n) is 4.71. The van der Waals surface area contributed by atoms with Crippen LogP contribution in [0.3, 0.4) is 0 Å². The first-order chi connectivity index (χ1) is 13.4. The van der Waals surface area contributed by atoms with E-state index in [0.717, 1.165) is 5.56 Å². The molecule has 7 nitrogen and oxygen atoms in total. The Balaban J connectivity index is 2.18. The smallest absolute Gasteiger partial charge is 0.331 e. The number of hydrogen-bond donors (Lipinski definition) is 1. The van der Waals surface area contributed by atoms with Gasteiger partial charge < -0.3 is 14.8 Å². The van der Waals surface area contributed by atoms with E-state index in [1.54, 1.807) is 0 Å². The number of likely N-dealkylation sites (tertiary alicyclic amines) is 1. The van der Waals surface area contributed by atoms with Gasteiger partial charge in [0.2, 0.25) is 5.91 Å². The van der Waals surface area contributed by atoms with Crippen LogP contribution in [0.2, 0.25) is 0 Å². The molecule has 1 N–H and O–H groups in total. The van der Waals surface area contributed by atoms with E-state index in [1.165, 1.54) is 14.0 Å². The van der Waals surface area contributed by atoms with Crippen LogP contribution in [-0.2, 0) is 30.5 Å². The van der Waals surface area contributed by atoms with Gasteiger partial charge in [-0.1, -0.05) is 30.3 Å². The number of nitrogens with zero attached hydrogens (tertiary/aromatic N) is 1. The molecule has 0 saturated carbocycles. The summed E-state index contributed by atoms with van der Waals surface area (Å²) in [5, 5.41) is 2.82. The summed E-state index contributed by atoms with van der Waals surface area (Å²) in [5.74, 6) is -1.10. The van der Waals surface area contributed by atoms with Crippen LogP contribution >= 0.6 is 0 Å². The molecule has 29 heavy (non-hydrogen) atoms. The van der Waals surface area contributed by atoms with E-state index in [2.05, 4.69) is 5.32 Å². The van der Waals surface area contributed by atoms with Gasteiger partial charge in [-0.15, -0.1) is 0 Å². The van der Waals surface area contributed by atoms with Gasteiger partial charge in [-0.2, -0.15) is 0 Å². The summed E-state index contributed by atoms with van der Waals surface area (Å²) in [5.41, 5.74) is -1.35. The molecule has 1 amide bonds. The van der Waals surface area contributed by atoms with E-state index in [0.29, 0.717) is 12.8 Å². The van der Waals surface area contributed by atoms with Crippen LogP contribution in [0, 0.1) is 0 Å². The van der Waals surface area contributed by atoms with E-state index < -0.39 is 22.6 Å². The molecule has 1 aliphatic rings. The highest BCUT2D eigenvalue weighted by molar-refractivity contribution is 5.87. The Morgan fingerprint density at radius 3 is 2.07 bits per heavy atom. The number of ether oxygens (including phenoxy) is 2. The molecule has 0 bridgehead atoms. The summed E-state index contributed by atoms with van der Waals surface area (Å²) in [6, 6.07) is 9.51. The first-order valence-electron chi connectivity index (χ1n) is 9.76. The van der Waals surface area contributed by atoms with Crippen molar-refractivity contribution in [3.05, 3.63) is 35.9 Å². The minimum Gasteiger partial charge on any atom is -0.467 e. The molecule has 1 aromatic carbocycles. The maximum Gasteiger partial charge on any atom is 0.331 e. The molecule has 1 saturated heterocycles. The number of hydrogen-bond acceptors (Lipinski definition) is 6. The predicted molar refractivity (Wildman–Crippen MR) is 109 cm³/mol. The molecule has 0 spiro atoms. The SMILES string of the molecule is COC(=O)C1(NC(C)=O)CC(C)(C)N(CC(=O)OCc2ccccc2)C(C)(C)C1. The molecule has 0 aromatic heterocycles. The minimum absolute atomic E-state index is 0.0875. The van der Waals surface area contributed by atoms with E-state index in [4.69, 9.17) is 9.47 Å². The lowest BCUT2D eigenvalue weighted by atomic mass is 9.68. The quantitative estimate of drug-likeness (QED) is 0.733. The van der Waals surface area contributed by atoms with Crippen molar-refractivity contribution in [3.63, 3.8) is 0 Å². The highest BCUT2D eigenvalue weighted by Crippen LogP contribution is 2.44. The zero-order valence-corrected chi connectivity index (χ0v) is 18.2. The van der Waals surface area contributed by atoms with Crippen molar-refractivity contribution < 1.29 is 23.9 Å². The fraction of sp³-hybridized carbons (Fsp3) is 0.591. The maximum absolute atomic E-state index is 12.6. The van der Waals surface area contributed by atoms with Crippen molar-refractivity contribution in [2.24, 2.45) is 0 Å². The first kappa shape index (κ1) is 22.9. The zero-order chi connectivity index (χ0) is 21.9. The van der Waals surface area contributed by atoms with Crippen LogP contribution in [0.1, 0.15) is 53.0 Å². The standard InChI is InChI=1S/C22H32N2O5/c1-16(25)23-22(19(27)28-6)14-20(2,3)24(21(4,5)15-22)12-18(26)29-13-17-10-8-7-9-11-17/h7-11H,12-15H2,1-6H3,(H,23,25). The van der Waals surface area contributed by atoms with Crippen molar-refractivity contribution >= 4 is 17.8 Å². The second-order valence-electron chi connectivity index (χ2n) is 8.97. The molecular formula is C22H32N2O5. The van der Waals surface area contributed by atoms with Crippen molar-refractivity contribution in [2.75, 3.05) is 13.7 Å². The van der Waals surface area contributed by atoms with E-state index >= 15 is 0 Å². The largest absolute Gasteiger partial charge is 0.467 e. The van der Waals surface area contributed by atoms with Crippen molar-refractivity contribution in [2.45, 2.75) is 70.7 Å². The van der Waals surface area contributed by atoms with Gasteiger partial charge in [0.15, 0.2) is 0 Å². The van der Waals surface area contributed by atoms with Gasteiger partial charge >= 0.3 is 11.9 Å². The number of piperidine rings is 1. The topological polar surface area (TPSA) is 84.9 Å². The van der Waals surface area contributed by atoms with Crippen molar-refractivity contribution in [1.82, 2.24) is 10.2 Å². The predicted octanol–water partition coefficient (Wildman–Crippen LogP) is 2.43. The molecule has 1 aromatic rings. The Bertz CT molecular complexity index is 740. The van der Waals surface area contributed by atoms with Gasteiger partial charge in [0.05, 0.1) is 13.7 Å². The molecule has 2 rings (SSSR count). The number of amides is 1. The third-order valence-electron chi connectivity index (χ3n) is 5.45. The fourth-order valence-corrected chi connectivity index (χ4v) is 4.71.